The molecule has 1 saturated heterocycles. The van der Waals surface area contributed by atoms with E-state index >= 15 is 0 Å². The van der Waals surface area contributed by atoms with Crippen molar-refractivity contribution >= 4 is 5.91 Å². The molecule has 132 valence electrons. The summed E-state index contributed by atoms with van der Waals surface area (Å²) < 4.78 is 24.6. The Morgan fingerprint density at radius 3 is 2.92 bits per heavy atom. The first-order valence-electron chi connectivity index (χ1n) is 8.69. The van der Waals surface area contributed by atoms with Crippen LogP contribution >= 0.6 is 0 Å². The predicted octanol–water partition coefficient (Wildman–Crippen LogP) is 2.43. The van der Waals surface area contributed by atoms with Gasteiger partial charge in [0.25, 0.3) is 0 Å². The highest BCUT2D eigenvalue weighted by molar-refractivity contribution is 5.78. The minimum atomic E-state index is -0.258. The van der Waals surface area contributed by atoms with Gasteiger partial charge in [0.1, 0.15) is 11.6 Å². The number of hydrogen-bond donors (Lipinski definition) is 1. The van der Waals surface area contributed by atoms with E-state index in [0.717, 1.165) is 55.8 Å². The van der Waals surface area contributed by atoms with E-state index in [1.807, 2.05) is 0 Å². The van der Waals surface area contributed by atoms with E-state index in [4.69, 9.17) is 9.47 Å². The summed E-state index contributed by atoms with van der Waals surface area (Å²) in [6.45, 7) is 5.72. The summed E-state index contributed by atoms with van der Waals surface area (Å²) in [5, 5.41) is 2.97. The molecule has 0 atom stereocenters. The van der Waals surface area contributed by atoms with Crippen LogP contribution in [-0.2, 0) is 22.7 Å². The summed E-state index contributed by atoms with van der Waals surface area (Å²) in [7, 11) is 0. The standard InChI is InChI=1S/C18H25FN2O3/c1-2-5-20-18(22)13-3-6-21(7-4-13)10-14-8-16(19)9-15-11-23-12-24-17(14)15/h8-9,13H,2-7,10-12H2,1H3,(H,20,22). The highest BCUT2D eigenvalue weighted by Crippen LogP contribution is 2.31. The lowest BCUT2D eigenvalue weighted by Gasteiger charge is -2.32. The Bertz CT molecular complexity index is 586. The van der Waals surface area contributed by atoms with Crippen LogP contribution in [0.4, 0.5) is 4.39 Å². The van der Waals surface area contributed by atoms with Crippen LogP contribution in [-0.4, -0.2) is 37.2 Å². The average molecular weight is 336 g/mol. The molecule has 6 heteroatoms. The molecule has 3 rings (SSSR count). The van der Waals surface area contributed by atoms with Crippen molar-refractivity contribution < 1.29 is 18.7 Å². The quantitative estimate of drug-likeness (QED) is 0.897. The topological polar surface area (TPSA) is 50.8 Å². The van der Waals surface area contributed by atoms with Crippen molar-refractivity contribution in [1.29, 1.82) is 0 Å². The highest BCUT2D eigenvalue weighted by Gasteiger charge is 2.26. The molecule has 0 aromatic heterocycles. The molecule has 1 fully saturated rings. The van der Waals surface area contributed by atoms with Crippen molar-refractivity contribution in [3.8, 4) is 5.75 Å². The van der Waals surface area contributed by atoms with Gasteiger partial charge in [0.15, 0.2) is 6.79 Å². The van der Waals surface area contributed by atoms with Gasteiger partial charge in [0.05, 0.1) is 6.61 Å². The third-order valence-electron chi connectivity index (χ3n) is 4.65. The second-order valence-electron chi connectivity index (χ2n) is 6.51. The van der Waals surface area contributed by atoms with Crippen LogP contribution < -0.4 is 10.1 Å². The molecule has 0 aliphatic carbocycles. The van der Waals surface area contributed by atoms with Gasteiger partial charge in [0, 0.05) is 30.1 Å². The zero-order valence-electron chi connectivity index (χ0n) is 14.1. The number of nitrogens with one attached hydrogen (secondary N) is 1. The van der Waals surface area contributed by atoms with Crippen molar-refractivity contribution in [2.75, 3.05) is 26.4 Å². The normalized spacial score (nSPS) is 18.8. The van der Waals surface area contributed by atoms with Crippen molar-refractivity contribution in [3.63, 3.8) is 0 Å². The van der Waals surface area contributed by atoms with Gasteiger partial charge in [-0.2, -0.15) is 0 Å². The number of nitrogens with zero attached hydrogens (tertiary/aromatic N) is 1. The molecule has 2 heterocycles. The Hall–Kier alpha value is -1.66. The first kappa shape index (κ1) is 17.2. The molecule has 0 spiro atoms. The van der Waals surface area contributed by atoms with Gasteiger partial charge in [-0.3, -0.25) is 9.69 Å². The largest absolute Gasteiger partial charge is 0.467 e. The smallest absolute Gasteiger partial charge is 0.223 e. The van der Waals surface area contributed by atoms with Crippen molar-refractivity contribution in [2.45, 2.75) is 39.3 Å². The number of amides is 1. The van der Waals surface area contributed by atoms with Gasteiger partial charge in [-0.05, 0) is 44.5 Å². The van der Waals surface area contributed by atoms with Crippen LogP contribution in [0, 0.1) is 11.7 Å². The number of hydrogen-bond acceptors (Lipinski definition) is 4. The van der Waals surface area contributed by atoms with Crippen LogP contribution in [0.15, 0.2) is 12.1 Å². The molecular weight excluding hydrogens is 311 g/mol. The molecule has 24 heavy (non-hydrogen) atoms. The molecule has 0 bridgehead atoms. The van der Waals surface area contributed by atoms with Gasteiger partial charge < -0.3 is 14.8 Å². The Kier molecular flexibility index (Phi) is 5.68. The maximum Gasteiger partial charge on any atom is 0.223 e. The number of ether oxygens (including phenoxy) is 2. The Balaban J connectivity index is 1.59. The number of piperidine rings is 1. The fraction of sp³-hybridized carbons (Fsp3) is 0.611. The molecule has 1 N–H and O–H groups in total. The van der Waals surface area contributed by atoms with Crippen molar-refractivity contribution in [2.24, 2.45) is 5.92 Å². The van der Waals surface area contributed by atoms with Gasteiger partial charge in [-0.1, -0.05) is 6.92 Å². The SMILES string of the molecule is CCCNC(=O)C1CCN(Cc2cc(F)cc3c2OCOC3)CC1. The van der Waals surface area contributed by atoms with E-state index in [9.17, 15) is 9.18 Å². The molecule has 2 aliphatic heterocycles. The predicted molar refractivity (Wildman–Crippen MR) is 88.0 cm³/mol. The second kappa shape index (κ2) is 7.94. The number of likely N-dealkylation sites (tertiary alicyclic amines) is 1. The van der Waals surface area contributed by atoms with E-state index in [1.54, 1.807) is 6.07 Å². The van der Waals surface area contributed by atoms with Gasteiger partial charge in [0.2, 0.25) is 5.91 Å². The summed E-state index contributed by atoms with van der Waals surface area (Å²) in [4.78, 5) is 14.3. The van der Waals surface area contributed by atoms with E-state index < -0.39 is 0 Å². The highest BCUT2D eigenvalue weighted by atomic mass is 19.1. The van der Waals surface area contributed by atoms with Crippen LogP contribution in [0.25, 0.3) is 0 Å². The van der Waals surface area contributed by atoms with Gasteiger partial charge in [-0.15, -0.1) is 0 Å². The Morgan fingerprint density at radius 2 is 2.17 bits per heavy atom. The van der Waals surface area contributed by atoms with Crippen molar-refractivity contribution in [3.05, 3.63) is 29.1 Å². The molecule has 0 radical (unpaired) electrons. The van der Waals surface area contributed by atoms with Crippen molar-refractivity contribution in [1.82, 2.24) is 10.2 Å². The molecule has 0 unspecified atom stereocenters. The van der Waals surface area contributed by atoms with E-state index in [-0.39, 0.29) is 24.4 Å². The number of halogens is 1. The molecule has 1 aromatic rings. The third kappa shape index (κ3) is 4.05. The fourth-order valence-corrected chi connectivity index (χ4v) is 3.36. The molecule has 2 aliphatic rings. The van der Waals surface area contributed by atoms with E-state index in [2.05, 4.69) is 17.1 Å². The van der Waals surface area contributed by atoms with Crippen LogP contribution in [0.3, 0.4) is 0 Å². The minimum Gasteiger partial charge on any atom is -0.467 e. The van der Waals surface area contributed by atoms with Crippen LogP contribution in [0.5, 0.6) is 5.75 Å². The lowest BCUT2D eigenvalue weighted by molar-refractivity contribution is -0.126. The monoisotopic (exact) mass is 336 g/mol. The fourth-order valence-electron chi connectivity index (χ4n) is 3.36. The Labute approximate surface area is 142 Å². The molecule has 1 aromatic carbocycles. The molecule has 1 amide bonds. The summed E-state index contributed by atoms with van der Waals surface area (Å²) in [5.41, 5.74) is 1.63. The summed E-state index contributed by atoms with van der Waals surface area (Å²) in [6.07, 6.45) is 2.65. The van der Waals surface area contributed by atoms with E-state index in [0.29, 0.717) is 13.2 Å². The van der Waals surface area contributed by atoms with E-state index in [1.165, 1.54) is 6.07 Å². The minimum absolute atomic E-state index is 0.0962. The zero-order valence-corrected chi connectivity index (χ0v) is 14.1. The second-order valence-corrected chi connectivity index (χ2v) is 6.51. The first-order valence-corrected chi connectivity index (χ1v) is 8.69. The maximum absolute atomic E-state index is 13.8. The molecule has 0 saturated carbocycles. The number of benzene rings is 1. The van der Waals surface area contributed by atoms with Crippen LogP contribution in [0.1, 0.15) is 37.3 Å². The molecule has 5 nitrogen and oxygen atoms in total. The number of rotatable bonds is 5. The maximum atomic E-state index is 13.8. The van der Waals surface area contributed by atoms with Crippen LogP contribution in [0.2, 0.25) is 0 Å². The number of fused-ring (bicyclic) bond motifs is 1. The third-order valence-corrected chi connectivity index (χ3v) is 4.65. The lowest BCUT2D eigenvalue weighted by atomic mass is 9.95. The number of carbonyl (C=O) groups excluding carboxylic acids is 1. The number of carbonyl (C=O) groups is 1. The zero-order chi connectivity index (χ0) is 16.9. The first-order chi connectivity index (χ1) is 11.7. The van der Waals surface area contributed by atoms with Gasteiger partial charge in [-0.25, -0.2) is 4.39 Å². The Morgan fingerprint density at radius 1 is 1.38 bits per heavy atom. The summed E-state index contributed by atoms with van der Waals surface area (Å²) >= 11 is 0. The lowest BCUT2D eigenvalue weighted by Crippen LogP contribution is -2.40. The summed E-state index contributed by atoms with van der Waals surface area (Å²) in [6, 6.07) is 3.02. The van der Waals surface area contributed by atoms with Gasteiger partial charge >= 0.3 is 0 Å². The summed E-state index contributed by atoms with van der Waals surface area (Å²) in [5.74, 6) is 0.760. The molecular formula is C18H25FN2O3. The average Bonchev–Trinajstić information content (AvgIpc) is 2.60.